The fourth-order valence-electron chi connectivity index (χ4n) is 2.95. The number of aliphatic carboxylic acids is 1. The number of nitrogens with one attached hydrogen (secondary N) is 1. The Morgan fingerprint density at radius 1 is 1.28 bits per heavy atom. The Morgan fingerprint density at radius 3 is 2.28 bits per heavy atom. The maximum atomic E-state index is 11.6. The van der Waals surface area contributed by atoms with Crippen LogP contribution in [0.5, 0.6) is 0 Å². The number of nitrogens with zero attached hydrogens (tertiary/aromatic N) is 1. The summed E-state index contributed by atoms with van der Waals surface area (Å²) in [4.78, 5) is 13.9. The Balaban J connectivity index is 2.53. The van der Waals surface area contributed by atoms with Gasteiger partial charge in [0.2, 0.25) is 0 Å². The Bertz CT molecular complexity index is 288. The Hall–Kier alpha value is -0.610. The van der Waals surface area contributed by atoms with E-state index in [1.54, 1.807) is 0 Å². The van der Waals surface area contributed by atoms with Gasteiger partial charge in [0, 0.05) is 13.1 Å². The van der Waals surface area contributed by atoms with Crippen molar-refractivity contribution in [2.75, 3.05) is 26.2 Å². The maximum absolute atomic E-state index is 11.6. The fraction of sp³-hybridized carbons (Fsp3) is 0.929. The summed E-state index contributed by atoms with van der Waals surface area (Å²) in [5.41, 5.74) is -0.558. The van der Waals surface area contributed by atoms with Crippen LogP contribution < -0.4 is 5.32 Å². The van der Waals surface area contributed by atoms with Crippen molar-refractivity contribution in [1.29, 1.82) is 0 Å². The minimum absolute atomic E-state index is 0.139. The normalized spacial score (nSPS) is 26.7. The molecule has 1 atom stereocenters. The summed E-state index contributed by atoms with van der Waals surface area (Å²) >= 11 is 0. The third kappa shape index (κ3) is 3.69. The Kier molecular flexibility index (Phi) is 5.17. The molecule has 1 saturated carbocycles. The number of carboxylic acids is 1. The van der Waals surface area contributed by atoms with Gasteiger partial charge in [-0.25, -0.2) is 0 Å². The average molecular weight is 256 g/mol. The van der Waals surface area contributed by atoms with Crippen molar-refractivity contribution in [3.8, 4) is 0 Å². The molecule has 1 fully saturated rings. The number of carbonyl (C=O) groups is 1. The zero-order valence-corrected chi connectivity index (χ0v) is 12.3. The van der Waals surface area contributed by atoms with Gasteiger partial charge in [0.05, 0.1) is 0 Å². The second-order valence-electron chi connectivity index (χ2n) is 6.18. The van der Waals surface area contributed by atoms with Crippen molar-refractivity contribution in [2.24, 2.45) is 5.41 Å². The summed E-state index contributed by atoms with van der Waals surface area (Å²) in [5.74, 6) is -0.687. The molecule has 0 spiro atoms. The summed E-state index contributed by atoms with van der Waals surface area (Å²) in [7, 11) is 0. The molecule has 4 heteroatoms. The van der Waals surface area contributed by atoms with E-state index in [4.69, 9.17) is 0 Å². The van der Waals surface area contributed by atoms with Gasteiger partial charge >= 0.3 is 5.97 Å². The topological polar surface area (TPSA) is 52.6 Å². The molecule has 0 aromatic heterocycles. The van der Waals surface area contributed by atoms with E-state index in [-0.39, 0.29) is 5.41 Å². The van der Waals surface area contributed by atoms with Gasteiger partial charge in [-0.05, 0) is 37.8 Å². The van der Waals surface area contributed by atoms with Crippen LogP contribution in [0.25, 0.3) is 0 Å². The van der Waals surface area contributed by atoms with Crippen molar-refractivity contribution < 1.29 is 9.90 Å². The lowest BCUT2D eigenvalue weighted by atomic mass is 9.87. The molecule has 2 N–H and O–H groups in total. The third-order valence-corrected chi connectivity index (χ3v) is 4.20. The SMILES string of the molecule is CCN(CC)CCNC1(C(=O)O)CCC(C)(C)C1. The van der Waals surface area contributed by atoms with Gasteiger partial charge < -0.3 is 15.3 Å². The maximum Gasteiger partial charge on any atom is 0.323 e. The van der Waals surface area contributed by atoms with Gasteiger partial charge in [-0.3, -0.25) is 4.79 Å². The van der Waals surface area contributed by atoms with Crippen molar-refractivity contribution in [1.82, 2.24) is 10.2 Å². The van der Waals surface area contributed by atoms with Crippen LogP contribution in [0.15, 0.2) is 0 Å². The minimum atomic E-state index is -0.698. The predicted octanol–water partition coefficient (Wildman–Crippen LogP) is 1.95. The van der Waals surface area contributed by atoms with Crippen LogP contribution in [0.4, 0.5) is 0 Å². The molecule has 0 aromatic carbocycles. The standard InChI is InChI=1S/C14H28N2O2/c1-5-16(6-2)10-9-15-14(12(17)18)8-7-13(3,4)11-14/h15H,5-11H2,1-4H3,(H,17,18). The number of hydrogen-bond donors (Lipinski definition) is 2. The summed E-state index contributed by atoms with van der Waals surface area (Å²) < 4.78 is 0. The third-order valence-electron chi connectivity index (χ3n) is 4.20. The first-order chi connectivity index (χ1) is 8.35. The Morgan fingerprint density at radius 2 is 1.89 bits per heavy atom. The first kappa shape index (κ1) is 15.4. The summed E-state index contributed by atoms with van der Waals surface area (Å²) in [6.45, 7) is 12.3. The second kappa shape index (κ2) is 6.02. The highest BCUT2D eigenvalue weighted by atomic mass is 16.4. The lowest BCUT2D eigenvalue weighted by molar-refractivity contribution is -0.145. The van der Waals surface area contributed by atoms with Crippen LogP contribution in [0.1, 0.15) is 47.0 Å². The molecular weight excluding hydrogens is 228 g/mol. The second-order valence-corrected chi connectivity index (χ2v) is 6.18. The molecule has 0 aromatic rings. The van der Waals surface area contributed by atoms with Gasteiger partial charge in [-0.15, -0.1) is 0 Å². The van der Waals surface area contributed by atoms with E-state index in [1.807, 2.05) is 0 Å². The van der Waals surface area contributed by atoms with Gasteiger partial charge in [-0.2, -0.15) is 0 Å². The minimum Gasteiger partial charge on any atom is -0.480 e. The van der Waals surface area contributed by atoms with Crippen LogP contribution in [0, 0.1) is 5.41 Å². The molecule has 0 aliphatic heterocycles. The molecule has 0 radical (unpaired) electrons. The number of rotatable bonds is 7. The quantitative estimate of drug-likeness (QED) is 0.731. The van der Waals surface area contributed by atoms with E-state index in [0.29, 0.717) is 0 Å². The number of carboxylic acid groups (broad SMARTS) is 1. The molecule has 0 amide bonds. The molecule has 4 nitrogen and oxygen atoms in total. The molecule has 1 aliphatic carbocycles. The van der Waals surface area contributed by atoms with Gasteiger partial charge in [0.15, 0.2) is 0 Å². The molecular formula is C14H28N2O2. The molecule has 106 valence electrons. The molecule has 0 saturated heterocycles. The first-order valence-electron chi connectivity index (χ1n) is 7.06. The highest BCUT2D eigenvalue weighted by Crippen LogP contribution is 2.43. The largest absolute Gasteiger partial charge is 0.480 e. The van der Waals surface area contributed by atoms with Crippen LogP contribution >= 0.6 is 0 Å². The van der Waals surface area contributed by atoms with Crippen molar-refractivity contribution in [3.63, 3.8) is 0 Å². The van der Waals surface area contributed by atoms with Crippen LogP contribution in [-0.4, -0.2) is 47.7 Å². The predicted molar refractivity (Wildman–Crippen MR) is 73.8 cm³/mol. The lowest BCUT2D eigenvalue weighted by Gasteiger charge is -2.29. The summed E-state index contributed by atoms with van der Waals surface area (Å²) in [6.07, 6.45) is 2.46. The molecule has 18 heavy (non-hydrogen) atoms. The van der Waals surface area contributed by atoms with E-state index >= 15 is 0 Å². The molecule has 1 aliphatic rings. The zero-order valence-electron chi connectivity index (χ0n) is 12.3. The monoisotopic (exact) mass is 256 g/mol. The summed E-state index contributed by atoms with van der Waals surface area (Å²) in [5, 5.41) is 12.8. The van der Waals surface area contributed by atoms with Crippen molar-refractivity contribution in [2.45, 2.75) is 52.5 Å². The van der Waals surface area contributed by atoms with E-state index < -0.39 is 11.5 Å². The van der Waals surface area contributed by atoms with Crippen molar-refractivity contribution >= 4 is 5.97 Å². The zero-order chi connectivity index (χ0) is 13.8. The number of hydrogen-bond acceptors (Lipinski definition) is 3. The number of likely N-dealkylation sites (N-methyl/N-ethyl adjacent to an activating group) is 1. The van der Waals surface area contributed by atoms with Gasteiger partial charge in [0.25, 0.3) is 0 Å². The van der Waals surface area contributed by atoms with E-state index in [9.17, 15) is 9.90 Å². The van der Waals surface area contributed by atoms with Crippen molar-refractivity contribution in [3.05, 3.63) is 0 Å². The van der Waals surface area contributed by atoms with E-state index in [1.165, 1.54) is 0 Å². The molecule has 0 bridgehead atoms. The fourth-order valence-corrected chi connectivity index (χ4v) is 2.95. The van der Waals surface area contributed by atoms with E-state index in [2.05, 4.69) is 37.9 Å². The molecule has 1 rings (SSSR count). The van der Waals surface area contributed by atoms with Gasteiger partial charge in [-0.1, -0.05) is 27.7 Å². The molecule has 1 unspecified atom stereocenters. The highest BCUT2D eigenvalue weighted by Gasteiger charge is 2.48. The smallest absolute Gasteiger partial charge is 0.323 e. The highest BCUT2D eigenvalue weighted by molar-refractivity contribution is 5.79. The van der Waals surface area contributed by atoms with Crippen LogP contribution in [-0.2, 0) is 4.79 Å². The Labute approximate surface area is 111 Å². The van der Waals surface area contributed by atoms with Crippen LogP contribution in [0.3, 0.4) is 0 Å². The summed E-state index contributed by atoms with van der Waals surface area (Å²) in [6, 6.07) is 0. The lowest BCUT2D eigenvalue weighted by Crippen LogP contribution is -2.52. The van der Waals surface area contributed by atoms with Crippen LogP contribution in [0.2, 0.25) is 0 Å². The van der Waals surface area contributed by atoms with Gasteiger partial charge in [0.1, 0.15) is 5.54 Å². The first-order valence-corrected chi connectivity index (χ1v) is 7.06. The average Bonchev–Trinajstić information content (AvgIpc) is 2.62. The molecule has 0 heterocycles. The van der Waals surface area contributed by atoms with E-state index in [0.717, 1.165) is 45.4 Å².